The average Bonchev–Trinajstić information content (AvgIpc) is 2.47. The van der Waals surface area contributed by atoms with Crippen LogP contribution < -0.4 is 10.1 Å². The maximum absolute atomic E-state index is 5.87. The number of rotatable bonds is 10. The van der Waals surface area contributed by atoms with Crippen molar-refractivity contribution in [2.45, 2.75) is 52.7 Å². The normalized spacial score (nSPS) is 14.0. The maximum atomic E-state index is 5.87. The number of hydrogen-bond donors (Lipinski definition) is 1. The van der Waals surface area contributed by atoms with Crippen molar-refractivity contribution in [1.82, 2.24) is 10.3 Å². The Bertz CT molecular complexity index is 371. The minimum atomic E-state index is 0.158. The molecule has 2 atom stereocenters. The van der Waals surface area contributed by atoms with E-state index in [0.717, 1.165) is 37.3 Å². The Labute approximate surface area is 122 Å². The van der Waals surface area contributed by atoms with Crippen LogP contribution >= 0.6 is 0 Å². The molecule has 0 aliphatic heterocycles. The van der Waals surface area contributed by atoms with E-state index in [-0.39, 0.29) is 12.1 Å². The van der Waals surface area contributed by atoms with Gasteiger partial charge in [-0.25, -0.2) is 0 Å². The summed E-state index contributed by atoms with van der Waals surface area (Å²) in [5.41, 5.74) is 1.13. The van der Waals surface area contributed by atoms with Gasteiger partial charge in [-0.3, -0.25) is 4.98 Å². The van der Waals surface area contributed by atoms with Crippen LogP contribution in [0.2, 0.25) is 0 Å². The Morgan fingerprint density at radius 3 is 2.55 bits per heavy atom. The van der Waals surface area contributed by atoms with Crippen LogP contribution in [0.1, 0.15) is 52.1 Å². The van der Waals surface area contributed by atoms with Gasteiger partial charge >= 0.3 is 0 Å². The molecule has 4 heteroatoms. The van der Waals surface area contributed by atoms with Gasteiger partial charge in [-0.2, -0.15) is 0 Å². The summed E-state index contributed by atoms with van der Waals surface area (Å²) < 4.78 is 11.4. The third-order valence-corrected chi connectivity index (χ3v) is 3.17. The molecular weight excluding hydrogens is 252 g/mol. The van der Waals surface area contributed by atoms with Crippen LogP contribution in [0.25, 0.3) is 0 Å². The molecule has 1 heterocycles. The van der Waals surface area contributed by atoms with Gasteiger partial charge in [0.1, 0.15) is 5.75 Å². The number of nitrogens with one attached hydrogen (secondary N) is 1. The third-order valence-electron chi connectivity index (χ3n) is 3.17. The van der Waals surface area contributed by atoms with Gasteiger partial charge in [0.25, 0.3) is 0 Å². The minimum Gasteiger partial charge on any atom is -0.492 e. The summed E-state index contributed by atoms with van der Waals surface area (Å²) in [6.07, 6.45) is 5.87. The Kier molecular flexibility index (Phi) is 8.23. The van der Waals surface area contributed by atoms with Crippen LogP contribution in [0.5, 0.6) is 5.75 Å². The SMILES string of the molecule is CCCNC(c1cncc(OCC)c1)C(CC)OCC. The lowest BCUT2D eigenvalue weighted by Crippen LogP contribution is -2.34. The summed E-state index contributed by atoms with van der Waals surface area (Å²) in [7, 11) is 0. The Hall–Kier alpha value is -1.13. The van der Waals surface area contributed by atoms with Crippen LogP contribution in [0, 0.1) is 0 Å². The molecule has 0 aliphatic rings. The first-order valence-corrected chi connectivity index (χ1v) is 7.69. The van der Waals surface area contributed by atoms with E-state index in [1.807, 2.05) is 20.0 Å². The predicted molar refractivity (Wildman–Crippen MR) is 82.1 cm³/mol. The van der Waals surface area contributed by atoms with Crippen LogP contribution in [-0.2, 0) is 4.74 Å². The molecule has 0 radical (unpaired) electrons. The number of nitrogens with zero attached hydrogens (tertiary/aromatic N) is 1. The fraction of sp³-hybridized carbons (Fsp3) is 0.688. The molecule has 0 spiro atoms. The Morgan fingerprint density at radius 1 is 1.15 bits per heavy atom. The van der Waals surface area contributed by atoms with Gasteiger partial charge in [-0.1, -0.05) is 13.8 Å². The van der Waals surface area contributed by atoms with E-state index in [4.69, 9.17) is 9.47 Å². The first-order chi connectivity index (χ1) is 9.76. The molecule has 20 heavy (non-hydrogen) atoms. The van der Waals surface area contributed by atoms with Gasteiger partial charge < -0.3 is 14.8 Å². The second-order valence-corrected chi connectivity index (χ2v) is 4.72. The van der Waals surface area contributed by atoms with Crippen molar-refractivity contribution in [3.8, 4) is 5.75 Å². The lowest BCUT2D eigenvalue weighted by molar-refractivity contribution is 0.0313. The number of aromatic nitrogens is 1. The topological polar surface area (TPSA) is 43.4 Å². The van der Waals surface area contributed by atoms with Gasteiger partial charge in [0, 0.05) is 12.8 Å². The largest absolute Gasteiger partial charge is 0.492 e. The molecule has 1 N–H and O–H groups in total. The molecule has 0 saturated heterocycles. The van der Waals surface area contributed by atoms with Crippen LogP contribution in [-0.4, -0.2) is 30.8 Å². The molecule has 1 rings (SSSR count). The van der Waals surface area contributed by atoms with Gasteiger partial charge in [-0.05, 0) is 44.9 Å². The minimum absolute atomic E-state index is 0.158. The summed E-state index contributed by atoms with van der Waals surface area (Å²) in [5.74, 6) is 0.819. The van der Waals surface area contributed by atoms with Crippen LogP contribution in [0.15, 0.2) is 18.5 Å². The van der Waals surface area contributed by atoms with E-state index in [0.29, 0.717) is 6.61 Å². The number of ether oxygens (including phenoxy) is 2. The summed E-state index contributed by atoms with van der Waals surface area (Å²) in [6.45, 7) is 10.7. The van der Waals surface area contributed by atoms with E-state index >= 15 is 0 Å². The average molecular weight is 280 g/mol. The Balaban J connectivity index is 2.92. The number of pyridine rings is 1. The molecule has 0 aromatic carbocycles. The quantitative estimate of drug-likeness (QED) is 0.714. The molecule has 0 aliphatic carbocycles. The van der Waals surface area contributed by atoms with Crippen LogP contribution in [0.3, 0.4) is 0 Å². The fourth-order valence-corrected chi connectivity index (χ4v) is 2.28. The molecule has 0 fully saturated rings. The third kappa shape index (κ3) is 5.10. The lowest BCUT2D eigenvalue weighted by atomic mass is 10.0. The summed E-state index contributed by atoms with van der Waals surface area (Å²) in [5, 5.41) is 3.57. The molecular formula is C16H28N2O2. The van der Waals surface area contributed by atoms with Crippen molar-refractivity contribution in [1.29, 1.82) is 0 Å². The molecule has 0 saturated carbocycles. The van der Waals surface area contributed by atoms with E-state index < -0.39 is 0 Å². The highest BCUT2D eigenvalue weighted by molar-refractivity contribution is 5.26. The van der Waals surface area contributed by atoms with Crippen molar-refractivity contribution < 1.29 is 9.47 Å². The molecule has 1 aromatic rings. The maximum Gasteiger partial charge on any atom is 0.137 e. The van der Waals surface area contributed by atoms with Gasteiger partial charge in [-0.15, -0.1) is 0 Å². The fourth-order valence-electron chi connectivity index (χ4n) is 2.28. The van der Waals surface area contributed by atoms with E-state index in [1.165, 1.54) is 0 Å². The van der Waals surface area contributed by atoms with Gasteiger partial charge in [0.15, 0.2) is 0 Å². The molecule has 0 amide bonds. The van der Waals surface area contributed by atoms with Crippen molar-refractivity contribution in [3.05, 3.63) is 24.0 Å². The van der Waals surface area contributed by atoms with E-state index in [9.17, 15) is 0 Å². The Morgan fingerprint density at radius 2 is 1.95 bits per heavy atom. The second-order valence-electron chi connectivity index (χ2n) is 4.72. The first kappa shape index (κ1) is 16.9. The predicted octanol–water partition coefficient (Wildman–Crippen LogP) is 3.34. The number of hydrogen-bond acceptors (Lipinski definition) is 4. The molecule has 0 bridgehead atoms. The lowest BCUT2D eigenvalue weighted by Gasteiger charge is -2.27. The van der Waals surface area contributed by atoms with E-state index in [2.05, 4.69) is 30.2 Å². The van der Waals surface area contributed by atoms with Gasteiger partial charge in [0.2, 0.25) is 0 Å². The second kappa shape index (κ2) is 9.72. The first-order valence-electron chi connectivity index (χ1n) is 7.69. The molecule has 114 valence electrons. The van der Waals surface area contributed by atoms with Crippen molar-refractivity contribution in [3.63, 3.8) is 0 Å². The summed E-state index contributed by atoms with van der Waals surface area (Å²) >= 11 is 0. The molecule has 1 aromatic heterocycles. The smallest absolute Gasteiger partial charge is 0.137 e. The van der Waals surface area contributed by atoms with Crippen molar-refractivity contribution in [2.75, 3.05) is 19.8 Å². The zero-order chi connectivity index (χ0) is 14.8. The standard InChI is InChI=1S/C16H28N2O2/c1-5-9-18-16(15(6-2)20-8-4)13-10-14(19-7-3)12-17-11-13/h10-12,15-16,18H,5-9H2,1-4H3. The molecule has 4 nitrogen and oxygen atoms in total. The van der Waals surface area contributed by atoms with E-state index in [1.54, 1.807) is 6.20 Å². The highest BCUT2D eigenvalue weighted by Crippen LogP contribution is 2.24. The zero-order valence-corrected chi connectivity index (χ0v) is 13.2. The highest BCUT2D eigenvalue weighted by atomic mass is 16.5. The highest BCUT2D eigenvalue weighted by Gasteiger charge is 2.22. The monoisotopic (exact) mass is 280 g/mol. The molecule has 2 unspecified atom stereocenters. The van der Waals surface area contributed by atoms with Crippen molar-refractivity contribution in [2.24, 2.45) is 0 Å². The van der Waals surface area contributed by atoms with Gasteiger partial charge in [0.05, 0.1) is 24.9 Å². The zero-order valence-electron chi connectivity index (χ0n) is 13.2. The summed E-state index contributed by atoms with van der Waals surface area (Å²) in [6, 6.07) is 2.22. The van der Waals surface area contributed by atoms with Crippen molar-refractivity contribution >= 4 is 0 Å². The van der Waals surface area contributed by atoms with Crippen LogP contribution in [0.4, 0.5) is 0 Å². The summed E-state index contributed by atoms with van der Waals surface area (Å²) in [4.78, 5) is 4.29.